The van der Waals surface area contributed by atoms with Crippen LogP contribution in [0.2, 0.25) is 0 Å². The van der Waals surface area contributed by atoms with Gasteiger partial charge in [0, 0.05) is 17.8 Å². The molecule has 31 heavy (non-hydrogen) atoms. The molecule has 3 heterocycles. The van der Waals surface area contributed by atoms with Crippen molar-refractivity contribution >= 4 is 43.5 Å². The summed E-state index contributed by atoms with van der Waals surface area (Å²) in [6, 6.07) is 12.1. The van der Waals surface area contributed by atoms with E-state index >= 15 is 0 Å². The first-order valence-corrected chi connectivity index (χ1v) is 10.8. The Hall–Kier alpha value is -3.59. The molecule has 3 aromatic heterocycles. The zero-order valence-electron chi connectivity index (χ0n) is 16.2. The van der Waals surface area contributed by atoms with E-state index in [1.54, 1.807) is 6.20 Å². The van der Waals surface area contributed by atoms with Crippen LogP contribution in [0, 0.1) is 5.92 Å². The first-order chi connectivity index (χ1) is 15.2. The van der Waals surface area contributed by atoms with Gasteiger partial charge in [0.2, 0.25) is 5.91 Å². The van der Waals surface area contributed by atoms with E-state index in [0.29, 0.717) is 18.1 Å². The first kappa shape index (κ1) is 18.2. The number of fused-ring (bicyclic) bond motifs is 2. The number of carbonyl (C=O) groups excluding carboxylic acids is 1. The maximum Gasteiger partial charge on any atom is 0.232 e. The number of amides is 1. The van der Waals surface area contributed by atoms with E-state index in [0.717, 1.165) is 37.8 Å². The molecule has 1 aliphatic carbocycles. The second-order valence-corrected chi connectivity index (χ2v) is 8.71. The first-order valence-electron chi connectivity index (χ1n) is 9.94. The second-order valence-electron chi connectivity index (χ2n) is 7.68. The van der Waals surface area contributed by atoms with Crippen molar-refractivity contribution in [3.8, 4) is 11.1 Å². The number of hydrogen-bond acceptors (Lipinski definition) is 5. The summed E-state index contributed by atoms with van der Waals surface area (Å²) >= 11 is 1.39. The van der Waals surface area contributed by atoms with Crippen LogP contribution < -0.4 is 5.32 Å². The molecule has 0 aliphatic heterocycles. The van der Waals surface area contributed by atoms with Crippen LogP contribution in [0.3, 0.4) is 0 Å². The van der Waals surface area contributed by atoms with E-state index in [9.17, 15) is 9.18 Å². The number of halogens is 1. The zero-order chi connectivity index (χ0) is 20.9. The van der Waals surface area contributed by atoms with E-state index in [2.05, 4.69) is 37.7 Å². The van der Waals surface area contributed by atoms with Crippen LogP contribution in [-0.2, 0) is 11.3 Å². The number of nitrogens with zero attached hydrogens (tertiary/aromatic N) is 4. The molecule has 2 N–H and O–H groups in total. The Labute approximate surface area is 179 Å². The summed E-state index contributed by atoms with van der Waals surface area (Å²) in [5, 5.41) is 15.9. The minimum Gasteiger partial charge on any atom is -0.302 e. The van der Waals surface area contributed by atoms with Crippen LogP contribution >= 0.6 is 11.3 Å². The van der Waals surface area contributed by atoms with E-state index in [1.807, 2.05) is 41.3 Å². The van der Waals surface area contributed by atoms with Gasteiger partial charge in [-0.05, 0) is 47.4 Å². The van der Waals surface area contributed by atoms with Crippen LogP contribution in [0.1, 0.15) is 12.0 Å². The maximum absolute atomic E-state index is 13.2. The lowest BCUT2D eigenvalue weighted by atomic mass is 9.96. The molecule has 0 spiro atoms. The van der Waals surface area contributed by atoms with E-state index in [-0.39, 0.29) is 5.91 Å². The summed E-state index contributed by atoms with van der Waals surface area (Å²) in [5.41, 5.74) is 5.00. The van der Waals surface area contributed by atoms with E-state index < -0.39 is 12.1 Å². The summed E-state index contributed by atoms with van der Waals surface area (Å²) in [5.74, 6) is -0.831. The zero-order valence-corrected chi connectivity index (χ0v) is 17.1. The van der Waals surface area contributed by atoms with Crippen molar-refractivity contribution < 1.29 is 9.18 Å². The highest BCUT2D eigenvalue weighted by molar-refractivity contribution is 7.22. The molecule has 0 saturated heterocycles. The minimum atomic E-state index is -1.02. The number of aromatic amines is 1. The van der Waals surface area contributed by atoms with Gasteiger partial charge in [0.1, 0.15) is 6.17 Å². The molecule has 0 radical (unpaired) electrons. The van der Waals surface area contributed by atoms with Crippen molar-refractivity contribution in [1.82, 2.24) is 25.0 Å². The van der Waals surface area contributed by atoms with Crippen LogP contribution in [0.15, 0.2) is 55.0 Å². The maximum atomic E-state index is 13.2. The highest BCUT2D eigenvalue weighted by atomic mass is 32.1. The van der Waals surface area contributed by atoms with E-state index in [1.165, 1.54) is 11.3 Å². The molecule has 9 heteroatoms. The van der Waals surface area contributed by atoms with Gasteiger partial charge in [-0.3, -0.25) is 14.6 Å². The van der Waals surface area contributed by atoms with Gasteiger partial charge in [0.05, 0.1) is 34.4 Å². The minimum absolute atomic E-state index is 0.295. The monoisotopic (exact) mass is 432 g/mol. The third kappa shape index (κ3) is 3.27. The van der Waals surface area contributed by atoms with Crippen molar-refractivity contribution in [2.75, 3.05) is 5.32 Å². The van der Waals surface area contributed by atoms with Gasteiger partial charge in [0.25, 0.3) is 0 Å². The molecule has 1 saturated carbocycles. The molecule has 154 valence electrons. The molecule has 1 fully saturated rings. The summed E-state index contributed by atoms with van der Waals surface area (Å²) in [6.07, 6.45) is 4.82. The van der Waals surface area contributed by atoms with Crippen molar-refractivity contribution in [3.63, 3.8) is 0 Å². The van der Waals surface area contributed by atoms with Gasteiger partial charge in [-0.15, -0.1) is 0 Å². The molecule has 0 bridgehead atoms. The Kier molecular flexibility index (Phi) is 4.10. The molecular formula is C22H17FN6OS. The van der Waals surface area contributed by atoms with Crippen molar-refractivity contribution in [1.29, 1.82) is 0 Å². The average Bonchev–Trinajstić information content (AvgIpc) is 3.19. The molecule has 0 unspecified atom stereocenters. The Bertz CT molecular complexity index is 1420. The molecule has 5 aromatic rings. The highest BCUT2D eigenvalue weighted by Gasteiger charge is 2.43. The van der Waals surface area contributed by atoms with E-state index in [4.69, 9.17) is 0 Å². The number of carbonyl (C=O) groups is 1. The number of anilines is 1. The summed E-state index contributed by atoms with van der Waals surface area (Å²) < 4.78 is 16.0. The third-order valence-electron chi connectivity index (χ3n) is 5.56. The fraction of sp³-hybridized carbons (Fsp3) is 0.182. The van der Waals surface area contributed by atoms with Gasteiger partial charge in [-0.2, -0.15) is 10.2 Å². The number of aromatic nitrogens is 5. The number of nitrogens with one attached hydrogen (secondary N) is 2. The molecule has 2 atom stereocenters. The molecule has 2 aromatic carbocycles. The lowest BCUT2D eigenvalue weighted by molar-refractivity contribution is -0.117. The average molecular weight is 432 g/mol. The van der Waals surface area contributed by atoms with Crippen LogP contribution in [0.25, 0.3) is 32.2 Å². The predicted octanol–water partition coefficient (Wildman–Crippen LogP) is 4.38. The largest absolute Gasteiger partial charge is 0.302 e. The second kappa shape index (κ2) is 6.98. The number of alkyl halides is 1. The summed E-state index contributed by atoms with van der Waals surface area (Å²) in [6.45, 7) is 0.636. The quantitative estimate of drug-likeness (QED) is 0.431. The van der Waals surface area contributed by atoms with Crippen molar-refractivity contribution in [2.45, 2.75) is 19.1 Å². The lowest BCUT2D eigenvalue weighted by Gasteiger charge is -2.12. The number of benzene rings is 2. The summed E-state index contributed by atoms with van der Waals surface area (Å²) in [4.78, 5) is 16.5. The van der Waals surface area contributed by atoms with Gasteiger partial charge >= 0.3 is 0 Å². The molecule has 6 rings (SSSR count). The fourth-order valence-electron chi connectivity index (χ4n) is 3.87. The fourth-order valence-corrected chi connectivity index (χ4v) is 4.78. The topological polar surface area (TPSA) is 88.5 Å². The Morgan fingerprint density at radius 3 is 3.03 bits per heavy atom. The molecule has 1 aliphatic rings. The number of H-pyrrole nitrogens is 1. The highest BCUT2D eigenvalue weighted by Crippen LogP contribution is 2.38. The van der Waals surface area contributed by atoms with Gasteiger partial charge in [-0.25, -0.2) is 9.37 Å². The predicted molar refractivity (Wildman–Crippen MR) is 118 cm³/mol. The van der Waals surface area contributed by atoms with Crippen LogP contribution in [0.4, 0.5) is 9.52 Å². The number of rotatable bonds is 5. The molecular weight excluding hydrogens is 415 g/mol. The molecule has 1 amide bonds. The van der Waals surface area contributed by atoms with Gasteiger partial charge in [-0.1, -0.05) is 23.5 Å². The van der Waals surface area contributed by atoms with Gasteiger partial charge < -0.3 is 5.32 Å². The number of hydrogen-bond donors (Lipinski definition) is 2. The third-order valence-corrected chi connectivity index (χ3v) is 6.49. The lowest BCUT2D eigenvalue weighted by Crippen LogP contribution is -2.14. The summed E-state index contributed by atoms with van der Waals surface area (Å²) in [7, 11) is 0. The van der Waals surface area contributed by atoms with Crippen molar-refractivity contribution in [2.24, 2.45) is 5.92 Å². The Balaban J connectivity index is 1.41. The Morgan fingerprint density at radius 2 is 2.23 bits per heavy atom. The SMILES string of the molecule is O=C(Nc1nc2ccc(-c3c(Cn4cccn4)ccc4[nH]ncc34)cc2s1)[C@@H]1C[C@@H]1F. The smallest absolute Gasteiger partial charge is 0.232 e. The number of thiazole rings is 1. The van der Waals surface area contributed by atoms with Gasteiger partial charge in [0.15, 0.2) is 5.13 Å². The van der Waals surface area contributed by atoms with Crippen LogP contribution in [0.5, 0.6) is 0 Å². The standard InChI is InChI=1S/C22H17FN6OS/c23-16-9-14(16)21(30)27-22-26-18-5-2-12(8-19(18)31-22)20-13(11-29-7-1-6-25-29)3-4-17-15(20)10-24-28-17/h1-8,10,14,16H,9,11H2,(H,24,28)(H,26,27,30)/t14-,16+/m1/s1. The Morgan fingerprint density at radius 1 is 1.32 bits per heavy atom. The van der Waals surface area contributed by atoms with Crippen LogP contribution in [-0.4, -0.2) is 37.0 Å². The normalized spacial score (nSPS) is 18.0. The van der Waals surface area contributed by atoms with Crippen molar-refractivity contribution in [3.05, 3.63) is 60.6 Å². The molecule has 7 nitrogen and oxygen atoms in total.